The van der Waals surface area contributed by atoms with Crippen LogP contribution in [0.1, 0.15) is 41.0 Å². The second-order valence-electron chi connectivity index (χ2n) is 8.32. The molecule has 4 rings (SSSR count). The summed E-state index contributed by atoms with van der Waals surface area (Å²) in [5.74, 6) is -1.55. The maximum atomic E-state index is 13.8. The van der Waals surface area contributed by atoms with Gasteiger partial charge in [-0.25, -0.2) is 13.2 Å². The number of nitrogens with one attached hydrogen (secondary N) is 1. The van der Waals surface area contributed by atoms with Crippen molar-refractivity contribution in [1.82, 2.24) is 9.88 Å². The molecule has 0 saturated carbocycles. The Labute approximate surface area is 195 Å². The largest absolute Gasteiger partial charge is 0.392 e. The second-order valence-corrected chi connectivity index (χ2v) is 8.32. The Kier molecular flexibility index (Phi) is 7.80. The van der Waals surface area contributed by atoms with Gasteiger partial charge in [0.1, 0.15) is 19.0 Å². The highest BCUT2D eigenvalue weighted by Gasteiger charge is 2.21. The maximum absolute atomic E-state index is 13.8. The van der Waals surface area contributed by atoms with Crippen LogP contribution >= 0.6 is 0 Å². The van der Waals surface area contributed by atoms with E-state index < -0.39 is 18.3 Å². The molecule has 1 aliphatic heterocycles. The van der Waals surface area contributed by atoms with Gasteiger partial charge < -0.3 is 9.82 Å². The third-order valence-electron chi connectivity index (χ3n) is 6.01. The lowest BCUT2D eigenvalue weighted by Gasteiger charge is -2.32. The predicted octanol–water partition coefficient (Wildman–Crippen LogP) is 4.77. The summed E-state index contributed by atoms with van der Waals surface area (Å²) in [5.41, 5.74) is 3.42. The van der Waals surface area contributed by atoms with Gasteiger partial charge in [-0.05, 0) is 67.2 Å². The molecule has 5 nitrogen and oxygen atoms in total. The minimum absolute atomic E-state index is 0.0682. The van der Waals surface area contributed by atoms with E-state index in [0.717, 1.165) is 55.7 Å². The van der Waals surface area contributed by atoms with Gasteiger partial charge in [0.2, 0.25) is 5.56 Å². The Morgan fingerprint density at radius 1 is 1.00 bits per heavy atom. The fourth-order valence-electron chi connectivity index (χ4n) is 4.23. The van der Waals surface area contributed by atoms with Crippen LogP contribution in [0.25, 0.3) is 0 Å². The van der Waals surface area contributed by atoms with Crippen LogP contribution in [0.4, 0.5) is 13.2 Å². The summed E-state index contributed by atoms with van der Waals surface area (Å²) >= 11 is 0. The molecule has 0 radical (unpaired) electrons. The number of oxime groups is 1. The van der Waals surface area contributed by atoms with Crippen molar-refractivity contribution in [2.24, 2.45) is 5.16 Å². The first-order valence-electron chi connectivity index (χ1n) is 11.2. The average molecular weight is 470 g/mol. The lowest BCUT2D eigenvalue weighted by molar-refractivity contribution is 0.128. The molecule has 0 unspecified atom stereocenters. The fraction of sp³-hybridized carbons (Fsp3) is 0.308. The minimum Gasteiger partial charge on any atom is -0.392 e. The first-order chi connectivity index (χ1) is 16.5. The molecule has 8 heteroatoms. The third kappa shape index (κ3) is 5.94. The number of aromatic amines is 1. The summed E-state index contributed by atoms with van der Waals surface area (Å²) in [6.45, 7) is 1.71. The van der Waals surface area contributed by atoms with Gasteiger partial charge in [0, 0.05) is 29.9 Å². The zero-order chi connectivity index (χ0) is 23.9. The Hall–Kier alpha value is -3.39. The molecule has 0 atom stereocenters. The first kappa shape index (κ1) is 23.8. The Balaban J connectivity index is 1.42. The summed E-state index contributed by atoms with van der Waals surface area (Å²) in [7, 11) is 0. The van der Waals surface area contributed by atoms with Gasteiger partial charge in [0.25, 0.3) is 0 Å². The number of piperidine rings is 1. The summed E-state index contributed by atoms with van der Waals surface area (Å²) in [6, 6.07) is 14.8. The highest BCUT2D eigenvalue weighted by molar-refractivity contribution is 6.12. The predicted molar refractivity (Wildman–Crippen MR) is 125 cm³/mol. The minimum atomic E-state index is -0.990. The van der Waals surface area contributed by atoms with Crippen molar-refractivity contribution in [3.8, 4) is 0 Å². The average Bonchev–Trinajstić information content (AvgIpc) is 2.85. The van der Waals surface area contributed by atoms with Crippen LogP contribution in [0, 0.1) is 11.6 Å². The Bertz CT molecular complexity index is 1190. The van der Waals surface area contributed by atoms with E-state index in [1.54, 1.807) is 12.3 Å². The number of pyridine rings is 1. The Morgan fingerprint density at radius 2 is 1.74 bits per heavy atom. The van der Waals surface area contributed by atoms with Gasteiger partial charge in [-0.3, -0.25) is 9.69 Å². The number of hydrogen-bond donors (Lipinski definition) is 1. The molecule has 1 N–H and O–H groups in total. The monoisotopic (exact) mass is 469 g/mol. The van der Waals surface area contributed by atoms with Gasteiger partial charge in [0.15, 0.2) is 11.6 Å². The zero-order valence-corrected chi connectivity index (χ0v) is 18.6. The van der Waals surface area contributed by atoms with E-state index in [2.05, 4.69) is 15.0 Å². The molecule has 1 aliphatic rings. The van der Waals surface area contributed by atoms with Gasteiger partial charge in [-0.2, -0.15) is 0 Å². The van der Waals surface area contributed by atoms with E-state index in [0.29, 0.717) is 22.8 Å². The molecule has 1 fully saturated rings. The van der Waals surface area contributed by atoms with E-state index in [9.17, 15) is 18.0 Å². The van der Waals surface area contributed by atoms with Crippen molar-refractivity contribution >= 4 is 5.71 Å². The molecular formula is C26H26F3N3O2. The quantitative estimate of drug-likeness (QED) is 0.294. The molecule has 34 heavy (non-hydrogen) atoms. The van der Waals surface area contributed by atoms with Crippen LogP contribution < -0.4 is 5.56 Å². The van der Waals surface area contributed by atoms with Gasteiger partial charge >= 0.3 is 0 Å². The van der Waals surface area contributed by atoms with E-state index in [4.69, 9.17) is 4.84 Å². The number of halogens is 3. The van der Waals surface area contributed by atoms with Crippen molar-refractivity contribution < 1.29 is 18.0 Å². The number of H-pyrrole nitrogens is 1. The molecule has 1 saturated heterocycles. The summed E-state index contributed by atoms with van der Waals surface area (Å²) in [4.78, 5) is 21.6. The molecule has 0 bridgehead atoms. The van der Waals surface area contributed by atoms with Crippen molar-refractivity contribution in [1.29, 1.82) is 0 Å². The smallest absolute Gasteiger partial charge is 0.248 e. The summed E-state index contributed by atoms with van der Waals surface area (Å²) in [6.07, 6.45) is 3.67. The first-order valence-corrected chi connectivity index (χ1v) is 11.2. The van der Waals surface area contributed by atoms with Crippen molar-refractivity contribution in [3.05, 3.63) is 105 Å². The van der Waals surface area contributed by atoms with Crippen molar-refractivity contribution in [3.63, 3.8) is 0 Å². The third-order valence-corrected chi connectivity index (χ3v) is 6.01. The lowest BCUT2D eigenvalue weighted by atomic mass is 9.90. The van der Waals surface area contributed by atoms with Gasteiger partial charge in [-0.1, -0.05) is 29.4 Å². The molecule has 3 aromatic rings. The van der Waals surface area contributed by atoms with Crippen molar-refractivity contribution in [2.75, 3.05) is 26.4 Å². The second kappa shape index (κ2) is 11.2. The topological polar surface area (TPSA) is 57.7 Å². The van der Waals surface area contributed by atoms with E-state index >= 15 is 0 Å². The molecule has 1 aromatic heterocycles. The molecular weight excluding hydrogens is 443 g/mol. The molecule has 2 heterocycles. The number of likely N-dealkylation sites (tertiary alicyclic amines) is 1. The Morgan fingerprint density at radius 3 is 2.41 bits per heavy atom. The van der Waals surface area contributed by atoms with E-state index in [-0.39, 0.29) is 12.2 Å². The van der Waals surface area contributed by atoms with Crippen LogP contribution in [-0.4, -0.2) is 42.0 Å². The summed E-state index contributed by atoms with van der Waals surface area (Å²) < 4.78 is 39.6. The number of aromatic nitrogens is 1. The van der Waals surface area contributed by atoms with Gasteiger partial charge in [-0.15, -0.1) is 0 Å². The van der Waals surface area contributed by atoms with E-state index in [1.807, 2.05) is 30.3 Å². The number of rotatable bonds is 8. The number of hydrogen-bond acceptors (Lipinski definition) is 4. The SMILES string of the molecule is O=c1cc(C2CCN(Cc3ccc(C(=NOCCF)c4ccc(F)c(F)c4)cc3)CC2)cc[nH]1. The standard InChI is InChI=1S/C26H26F3N3O2/c27-10-14-34-31-26(22-5-6-23(28)24(29)15-22)20-3-1-18(2-4-20)17-32-12-8-19(9-13-32)21-7-11-30-25(33)16-21/h1-7,11,15-16,19H,8-10,12-14,17H2,(H,30,33). The van der Waals surface area contributed by atoms with Crippen LogP contribution in [-0.2, 0) is 11.4 Å². The lowest BCUT2D eigenvalue weighted by Crippen LogP contribution is -2.32. The van der Waals surface area contributed by atoms with Crippen molar-refractivity contribution in [2.45, 2.75) is 25.3 Å². The molecule has 178 valence electrons. The van der Waals surface area contributed by atoms with Crippen LogP contribution in [0.2, 0.25) is 0 Å². The van der Waals surface area contributed by atoms with Crippen LogP contribution in [0.15, 0.2) is 70.7 Å². The van der Waals surface area contributed by atoms with Gasteiger partial charge in [0.05, 0.1) is 0 Å². The van der Waals surface area contributed by atoms with E-state index in [1.165, 1.54) is 6.07 Å². The highest BCUT2D eigenvalue weighted by atomic mass is 19.2. The molecule has 0 spiro atoms. The zero-order valence-electron chi connectivity index (χ0n) is 18.6. The van der Waals surface area contributed by atoms with Crippen LogP contribution in [0.5, 0.6) is 0 Å². The highest BCUT2D eigenvalue weighted by Crippen LogP contribution is 2.28. The number of nitrogens with zero attached hydrogens (tertiary/aromatic N) is 2. The maximum Gasteiger partial charge on any atom is 0.248 e. The normalized spacial score (nSPS) is 15.4. The molecule has 2 aromatic carbocycles. The summed E-state index contributed by atoms with van der Waals surface area (Å²) in [5, 5.41) is 3.97. The molecule has 0 amide bonds. The fourth-order valence-corrected chi connectivity index (χ4v) is 4.23. The molecule has 0 aliphatic carbocycles. The number of benzene rings is 2. The number of alkyl halides is 1. The van der Waals surface area contributed by atoms with Crippen LogP contribution in [0.3, 0.4) is 0 Å².